The second kappa shape index (κ2) is 6.21. The third kappa shape index (κ3) is 2.88. The minimum absolute atomic E-state index is 0.0291. The van der Waals surface area contributed by atoms with Gasteiger partial charge in [0.1, 0.15) is 11.1 Å². The first-order valence-corrected chi connectivity index (χ1v) is 6.70. The molecule has 22 heavy (non-hydrogen) atoms. The van der Waals surface area contributed by atoms with Crippen molar-refractivity contribution in [2.24, 2.45) is 5.73 Å². The number of rotatable bonds is 5. The Hall–Kier alpha value is -2.96. The number of carboxylic acid groups (broad SMARTS) is 1. The van der Waals surface area contributed by atoms with Gasteiger partial charge in [-0.15, -0.1) is 0 Å². The van der Waals surface area contributed by atoms with Crippen LogP contribution in [0, 0.1) is 5.41 Å². The number of pyridine rings is 2. The Labute approximate surface area is 127 Å². The van der Waals surface area contributed by atoms with E-state index in [1.54, 1.807) is 12.1 Å². The average molecular weight is 299 g/mol. The van der Waals surface area contributed by atoms with Gasteiger partial charge in [0.25, 0.3) is 0 Å². The maximum atomic E-state index is 11.4. The van der Waals surface area contributed by atoms with E-state index in [-0.39, 0.29) is 11.6 Å². The molecule has 2 aromatic heterocycles. The third-order valence-electron chi connectivity index (χ3n) is 3.01. The van der Waals surface area contributed by atoms with Crippen LogP contribution in [0.3, 0.4) is 0 Å². The van der Waals surface area contributed by atoms with Crippen LogP contribution in [0.4, 0.5) is 5.69 Å². The lowest BCUT2D eigenvalue weighted by Gasteiger charge is -2.15. The number of allylic oxidation sites excluding steroid dienone is 1. The fourth-order valence-electron chi connectivity index (χ4n) is 2.03. The van der Waals surface area contributed by atoms with Crippen LogP contribution in [-0.2, 0) is 0 Å². The van der Waals surface area contributed by atoms with Crippen molar-refractivity contribution in [1.29, 1.82) is 5.41 Å². The van der Waals surface area contributed by atoms with Gasteiger partial charge in [-0.25, -0.2) is 9.78 Å². The molecule has 7 nitrogen and oxygen atoms in total. The standard InChI is InChI=1S/C15H17N5O2/c1-8(2)19-13-10(15(21)22)7-18-12-4-3-11(20-14(12)13)9(5-16)6-17/h3-8,16H,17H2,1-2H3,(H,18,19)(H,21,22)/b9-6+,16-5?. The molecule has 0 aliphatic heterocycles. The first kappa shape index (κ1) is 15.4. The van der Waals surface area contributed by atoms with E-state index in [2.05, 4.69) is 15.3 Å². The number of nitrogens with one attached hydrogen (secondary N) is 2. The Balaban J connectivity index is 2.76. The minimum Gasteiger partial charge on any atom is -0.478 e. The number of aromatic carboxylic acids is 1. The Morgan fingerprint density at radius 1 is 1.45 bits per heavy atom. The molecule has 2 heterocycles. The SMILES string of the molecule is CC(C)Nc1c(C(=O)O)cnc2ccc(/C(C=N)=C/N)nc12. The summed E-state index contributed by atoms with van der Waals surface area (Å²) in [6, 6.07) is 3.45. The molecule has 5 N–H and O–H groups in total. The highest BCUT2D eigenvalue weighted by Crippen LogP contribution is 2.26. The third-order valence-corrected chi connectivity index (χ3v) is 3.01. The maximum absolute atomic E-state index is 11.4. The lowest BCUT2D eigenvalue weighted by molar-refractivity contribution is 0.0697. The summed E-state index contributed by atoms with van der Waals surface area (Å²) in [4.78, 5) is 20.0. The average Bonchev–Trinajstić information content (AvgIpc) is 2.48. The van der Waals surface area contributed by atoms with Crippen molar-refractivity contribution in [3.05, 3.63) is 35.8 Å². The summed E-state index contributed by atoms with van der Waals surface area (Å²) in [5, 5.41) is 19.8. The van der Waals surface area contributed by atoms with Gasteiger partial charge < -0.3 is 21.6 Å². The molecule has 0 fully saturated rings. The fourth-order valence-corrected chi connectivity index (χ4v) is 2.03. The number of nitrogens with zero attached hydrogens (tertiary/aromatic N) is 2. The fraction of sp³-hybridized carbons (Fsp3) is 0.200. The van der Waals surface area contributed by atoms with E-state index in [4.69, 9.17) is 11.1 Å². The molecule has 0 aliphatic carbocycles. The van der Waals surface area contributed by atoms with Gasteiger partial charge in [-0.2, -0.15) is 0 Å². The second-order valence-electron chi connectivity index (χ2n) is 4.98. The van der Waals surface area contributed by atoms with E-state index in [1.165, 1.54) is 12.4 Å². The van der Waals surface area contributed by atoms with Crippen LogP contribution in [-0.4, -0.2) is 33.3 Å². The van der Waals surface area contributed by atoms with E-state index < -0.39 is 5.97 Å². The van der Waals surface area contributed by atoms with Crippen LogP contribution in [0.5, 0.6) is 0 Å². The van der Waals surface area contributed by atoms with Gasteiger partial charge in [0.15, 0.2) is 0 Å². The number of fused-ring (bicyclic) bond motifs is 1. The summed E-state index contributed by atoms with van der Waals surface area (Å²) in [6.07, 6.45) is 3.69. The zero-order chi connectivity index (χ0) is 16.3. The molecule has 0 amide bonds. The molecule has 0 radical (unpaired) electrons. The summed E-state index contributed by atoms with van der Waals surface area (Å²) < 4.78 is 0. The summed E-state index contributed by atoms with van der Waals surface area (Å²) in [6.45, 7) is 3.81. The van der Waals surface area contributed by atoms with Crippen molar-refractivity contribution in [3.63, 3.8) is 0 Å². The van der Waals surface area contributed by atoms with E-state index >= 15 is 0 Å². The summed E-state index contributed by atoms with van der Waals surface area (Å²) in [7, 11) is 0. The lowest BCUT2D eigenvalue weighted by atomic mass is 10.1. The lowest BCUT2D eigenvalue weighted by Crippen LogP contribution is -2.15. The molecule has 0 atom stereocenters. The molecule has 2 aromatic rings. The molecular formula is C15H17N5O2. The van der Waals surface area contributed by atoms with Crippen molar-refractivity contribution in [2.45, 2.75) is 19.9 Å². The molecule has 0 saturated heterocycles. The molecular weight excluding hydrogens is 282 g/mol. The predicted octanol–water partition coefficient (Wildman–Crippen LogP) is 2.10. The number of anilines is 1. The first-order valence-electron chi connectivity index (χ1n) is 6.70. The van der Waals surface area contributed by atoms with Crippen LogP contribution in [0.15, 0.2) is 24.5 Å². The molecule has 0 saturated carbocycles. The normalized spacial score (nSPS) is 11.7. The predicted molar refractivity (Wildman–Crippen MR) is 86.2 cm³/mol. The van der Waals surface area contributed by atoms with Gasteiger partial charge in [0.2, 0.25) is 0 Å². The molecule has 7 heteroatoms. The topological polar surface area (TPSA) is 125 Å². The summed E-state index contributed by atoms with van der Waals surface area (Å²) >= 11 is 0. The Morgan fingerprint density at radius 3 is 2.73 bits per heavy atom. The van der Waals surface area contributed by atoms with Gasteiger partial charge in [0.05, 0.1) is 16.9 Å². The molecule has 0 spiro atoms. The van der Waals surface area contributed by atoms with Crippen LogP contribution in [0.1, 0.15) is 29.9 Å². The smallest absolute Gasteiger partial charge is 0.339 e. The Bertz CT molecular complexity index is 768. The second-order valence-corrected chi connectivity index (χ2v) is 4.98. The minimum atomic E-state index is -1.08. The largest absolute Gasteiger partial charge is 0.478 e. The van der Waals surface area contributed by atoms with Gasteiger partial charge in [-0.1, -0.05) is 0 Å². The zero-order valence-electron chi connectivity index (χ0n) is 12.3. The number of carbonyl (C=O) groups is 1. The van der Waals surface area contributed by atoms with Gasteiger partial charge in [-0.3, -0.25) is 4.98 Å². The maximum Gasteiger partial charge on any atom is 0.339 e. The van der Waals surface area contributed by atoms with E-state index in [0.717, 1.165) is 6.21 Å². The Kier molecular flexibility index (Phi) is 4.36. The van der Waals surface area contributed by atoms with Crippen LogP contribution < -0.4 is 11.1 Å². The highest BCUT2D eigenvalue weighted by molar-refractivity contribution is 6.09. The highest BCUT2D eigenvalue weighted by atomic mass is 16.4. The Morgan fingerprint density at radius 2 is 2.18 bits per heavy atom. The number of hydrogen-bond donors (Lipinski definition) is 4. The van der Waals surface area contributed by atoms with Gasteiger partial charge in [-0.05, 0) is 26.0 Å². The highest BCUT2D eigenvalue weighted by Gasteiger charge is 2.17. The van der Waals surface area contributed by atoms with Crippen molar-refractivity contribution >= 4 is 34.5 Å². The molecule has 0 aliphatic rings. The van der Waals surface area contributed by atoms with Crippen molar-refractivity contribution in [1.82, 2.24) is 9.97 Å². The number of nitrogens with two attached hydrogens (primary N) is 1. The number of hydrogen-bond acceptors (Lipinski definition) is 6. The van der Waals surface area contributed by atoms with Crippen molar-refractivity contribution < 1.29 is 9.90 Å². The summed E-state index contributed by atoms with van der Waals surface area (Å²) in [5.74, 6) is -1.08. The van der Waals surface area contributed by atoms with Crippen LogP contribution >= 0.6 is 0 Å². The van der Waals surface area contributed by atoms with Crippen LogP contribution in [0.25, 0.3) is 16.6 Å². The molecule has 2 rings (SSSR count). The molecule has 0 aromatic carbocycles. The van der Waals surface area contributed by atoms with Crippen molar-refractivity contribution in [2.75, 3.05) is 5.32 Å². The van der Waals surface area contributed by atoms with E-state index in [1.807, 2.05) is 13.8 Å². The molecule has 0 unspecified atom stereocenters. The van der Waals surface area contributed by atoms with Gasteiger partial charge in [0, 0.05) is 30.2 Å². The molecule has 114 valence electrons. The van der Waals surface area contributed by atoms with Crippen molar-refractivity contribution in [3.8, 4) is 0 Å². The zero-order valence-corrected chi connectivity index (χ0v) is 12.3. The van der Waals surface area contributed by atoms with Crippen LogP contribution in [0.2, 0.25) is 0 Å². The summed E-state index contributed by atoms with van der Waals surface area (Å²) in [5.41, 5.74) is 7.88. The number of carboxylic acids is 1. The number of aromatic nitrogens is 2. The monoisotopic (exact) mass is 299 g/mol. The van der Waals surface area contributed by atoms with E-state index in [0.29, 0.717) is 28.0 Å². The van der Waals surface area contributed by atoms with Gasteiger partial charge >= 0.3 is 5.97 Å². The van der Waals surface area contributed by atoms with E-state index in [9.17, 15) is 9.90 Å². The molecule has 0 bridgehead atoms. The first-order chi connectivity index (χ1) is 10.5. The quantitative estimate of drug-likeness (QED) is 0.626.